The van der Waals surface area contributed by atoms with Crippen LogP contribution in [0.25, 0.3) is 0 Å². The Morgan fingerprint density at radius 2 is 2.04 bits per heavy atom. The van der Waals surface area contributed by atoms with Gasteiger partial charge < -0.3 is 18.9 Å². The summed E-state index contributed by atoms with van der Waals surface area (Å²) in [6.45, 7) is 4.44. The lowest BCUT2D eigenvalue weighted by molar-refractivity contribution is 0.0161. The summed E-state index contributed by atoms with van der Waals surface area (Å²) < 4.78 is 13.6. The molecule has 1 amide bonds. The van der Waals surface area contributed by atoms with Crippen LogP contribution >= 0.6 is 0 Å². The third kappa shape index (κ3) is 4.36. The molecule has 144 valence electrons. The first-order valence-electron chi connectivity index (χ1n) is 9.69. The van der Waals surface area contributed by atoms with Crippen molar-refractivity contribution < 1.29 is 14.3 Å². The smallest absolute Gasteiger partial charge is 0.292 e. The van der Waals surface area contributed by atoms with Crippen LogP contribution in [0.3, 0.4) is 0 Å². The van der Waals surface area contributed by atoms with Gasteiger partial charge in [-0.3, -0.25) is 4.79 Å². The molecule has 1 saturated heterocycles. The lowest BCUT2D eigenvalue weighted by Crippen LogP contribution is -2.41. The van der Waals surface area contributed by atoms with Crippen LogP contribution in [0, 0.1) is 5.92 Å². The molecule has 0 spiro atoms. The van der Waals surface area contributed by atoms with Crippen molar-refractivity contribution in [1.82, 2.24) is 19.4 Å². The van der Waals surface area contributed by atoms with Crippen LogP contribution in [0.2, 0.25) is 0 Å². The minimum Gasteiger partial charge on any atom is -0.381 e. The number of nitrogens with zero attached hydrogens (tertiary/aromatic N) is 4. The molecule has 1 atom stereocenters. The predicted molar refractivity (Wildman–Crippen MR) is 99.2 cm³/mol. The maximum Gasteiger partial charge on any atom is 0.292 e. The molecule has 2 aromatic heterocycles. The zero-order valence-electron chi connectivity index (χ0n) is 15.5. The Morgan fingerprint density at radius 3 is 2.85 bits per heavy atom. The Kier molecular flexibility index (Phi) is 5.79. The van der Waals surface area contributed by atoms with E-state index in [0.717, 1.165) is 44.8 Å². The average molecular weight is 370 g/mol. The van der Waals surface area contributed by atoms with Gasteiger partial charge in [-0.15, -0.1) is 0 Å². The van der Waals surface area contributed by atoms with E-state index in [4.69, 9.17) is 9.47 Å². The van der Waals surface area contributed by atoms with Gasteiger partial charge in [-0.2, -0.15) is 0 Å². The minimum absolute atomic E-state index is 0.115. The summed E-state index contributed by atoms with van der Waals surface area (Å²) in [5.74, 6) is 0.753. The molecule has 4 heterocycles. The molecule has 27 heavy (non-hydrogen) atoms. The molecule has 7 nitrogen and oxygen atoms in total. The molecule has 4 rings (SSSR count). The van der Waals surface area contributed by atoms with Crippen molar-refractivity contribution >= 4 is 5.91 Å². The van der Waals surface area contributed by atoms with E-state index < -0.39 is 0 Å². The maximum atomic E-state index is 12.8. The fourth-order valence-corrected chi connectivity index (χ4v) is 3.84. The van der Waals surface area contributed by atoms with E-state index in [2.05, 4.69) is 26.8 Å². The highest BCUT2D eigenvalue weighted by Gasteiger charge is 2.29. The molecule has 2 aliphatic rings. The van der Waals surface area contributed by atoms with Gasteiger partial charge in [0.05, 0.1) is 12.6 Å². The normalized spacial score (nSPS) is 20.4. The van der Waals surface area contributed by atoms with Crippen molar-refractivity contribution in [2.45, 2.75) is 31.8 Å². The van der Waals surface area contributed by atoms with Gasteiger partial charge in [-0.1, -0.05) is 0 Å². The van der Waals surface area contributed by atoms with Gasteiger partial charge in [0.2, 0.25) is 5.82 Å². The second-order valence-electron chi connectivity index (χ2n) is 7.24. The molecular formula is C20H26N4O3. The van der Waals surface area contributed by atoms with Crippen molar-refractivity contribution in [2.75, 3.05) is 33.0 Å². The fourth-order valence-electron chi connectivity index (χ4n) is 3.84. The summed E-state index contributed by atoms with van der Waals surface area (Å²) in [6.07, 6.45) is 8.36. The number of amides is 1. The van der Waals surface area contributed by atoms with E-state index in [1.165, 1.54) is 0 Å². The summed E-state index contributed by atoms with van der Waals surface area (Å²) in [7, 11) is 0. The number of rotatable bonds is 6. The van der Waals surface area contributed by atoms with Gasteiger partial charge >= 0.3 is 0 Å². The summed E-state index contributed by atoms with van der Waals surface area (Å²) in [5.41, 5.74) is 1.14. The topological polar surface area (TPSA) is 69.5 Å². The van der Waals surface area contributed by atoms with Crippen molar-refractivity contribution in [3.05, 3.63) is 48.3 Å². The maximum absolute atomic E-state index is 12.8. The van der Waals surface area contributed by atoms with Crippen molar-refractivity contribution in [3.63, 3.8) is 0 Å². The van der Waals surface area contributed by atoms with Crippen LogP contribution in [0.5, 0.6) is 0 Å². The van der Waals surface area contributed by atoms with Crippen molar-refractivity contribution in [1.29, 1.82) is 0 Å². The highest BCUT2D eigenvalue weighted by atomic mass is 16.5. The highest BCUT2D eigenvalue weighted by Crippen LogP contribution is 2.25. The number of hydrogen-bond donors (Lipinski definition) is 0. The van der Waals surface area contributed by atoms with Crippen LogP contribution in [0.15, 0.2) is 36.8 Å². The molecule has 0 N–H and O–H groups in total. The highest BCUT2D eigenvalue weighted by molar-refractivity contribution is 5.90. The van der Waals surface area contributed by atoms with E-state index >= 15 is 0 Å². The van der Waals surface area contributed by atoms with Gasteiger partial charge in [0.1, 0.15) is 0 Å². The number of aromatic nitrogens is 3. The number of carbonyl (C=O) groups is 1. The first-order chi connectivity index (χ1) is 13.3. The average Bonchev–Trinajstić information content (AvgIpc) is 3.21. The predicted octanol–water partition coefficient (Wildman–Crippen LogP) is 2.31. The molecule has 0 bridgehead atoms. The number of hydrogen-bond acceptors (Lipinski definition) is 5. The number of carbonyl (C=O) groups excluding carboxylic acids is 1. The van der Waals surface area contributed by atoms with Crippen LogP contribution in [0.4, 0.5) is 0 Å². The summed E-state index contributed by atoms with van der Waals surface area (Å²) in [5, 5.41) is 0. The monoisotopic (exact) mass is 370 g/mol. The molecule has 2 aromatic rings. The molecule has 0 saturated carbocycles. The molecule has 0 radical (unpaired) electrons. The number of fused-ring (bicyclic) bond motifs is 1. The summed E-state index contributed by atoms with van der Waals surface area (Å²) in [6, 6.07) is 6.04. The van der Waals surface area contributed by atoms with Crippen LogP contribution in [0.1, 0.15) is 41.6 Å². The van der Waals surface area contributed by atoms with E-state index in [1.54, 1.807) is 18.5 Å². The fraction of sp³-hybridized carbons (Fsp3) is 0.550. The Labute approximate surface area is 159 Å². The zero-order valence-corrected chi connectivity index (χ0v) is 15.5. The molecule has 2 aliphatic heterocycles. The van der Waals surface area contributed by atoms with Crippen LogP contribution in [-0.4, -0.2) is 58.3 Å². The van der Waals surface area contributed by atoms with Crippen LogP contribution < -0.4 is 0 Å². The third-order valence-electron chi connectivity index (χ3n) is 5.38. The Bertz CT molecular complexity index is 743. The van der Waals surface area contributed by atoms with E-state index in [0.29, 0.717) is 25.6 Å². The lowest BCUT2D eigenvalue weighted by atomic mass is 10.0. The standard InChI is InChI=1S/C20H26N4O3/c25-20(19-21-7-2-8-22-19)23-13-17-3-1-9-24(17)18(14-23)6-12-27-15-16-4-10-26-11-5-16/h1-3,7-9,16,18H,4-6,10-15H2. The molecule has 1 fully saturated rings. The molecule has 7 heteroatoms. The first kappa shape index (κ1) is 18.1. The Balaban J connectivity index is 1.35. The summed E-state index contributed by atoms with van der Waals surface area (Å²) in [4.78, 5) is 22.8. The van der Waals surface area contributed by atoms with E-state index in [1.807, 2.05) is 11.0 Å². The quantitative estimate of drug-likeness (QED) is 0.730. The van der Waals surface area contributed by atoms with Gasteiger partial charge in [-0.05, 0) is 43.4 Å². The van der Waals surface area contributed by atoms with E-state index in [9.17, 15) is 4.79 Å². The lowest BCUT2D eigenvalue weighted by Gasteiger charge is -2.35. The SMILES string of the molecule is O=C(c1ncccn1)N1Cc2cccn2C(CCOCC2CCOCC2)C1. The molecule has 1 unspecified atom stereocenters. The molecule has 0 aromatic carbocycles. The van der Waals surface area contributed by atoms with Gasteiger partial charge in [0, 0.05) is 57.3 Å². The summed E-state index contributed by atoms with van der Waals surface area (Å²) >= 11 is 0. The largest absolute Gasteiger partial charge is 0.381 e. The van der Waals surface area contributed by atoms with E-state index in [-0.39, 0.29) is 17.8 Å². The van der Waals surface area contributed by atoms with Gasteiger partial charge in [-0.25, -0.2) is 9.97 Å². The molecular weight excluding hydrogens is 344 g/mol. The zero-order chi connectivity index (χ0) is 18.5. The van der Waals surface area contributed by atoms with Crippen molar-refractivity contribution in [3.8, 4) is 0 Å². The van der Waals surface area contributed by atoms with Gasteiger partial charge in [0.15, 0.2) is 0 Å². The second-order valence-corrected chi connectivity index (χ2v) is 7.24. The Hall–Kier alpha value is -2.25. The minimum atomic E-state index is -0.115. The molecule has 0 aliphatic carbocycles. The van der Waals surface area contributed by atoms with Crippen LogP contribution in [-0.2, 0) is 16.0 Å². The first-order valence-corrected chi connectivity index (χ1v) is 9.69. The van der Waals surface area contributed by atoms with Gasteiger partial charge in [0.25, 0.3) is 5.91 Å². The van der Waals surface area contributed by atoms with Crippen molar-refractivity contribution in [2.24, 2.45) is 5.92 Å². The second kappa shape index (κ2) is 8.63. The number of ether oxygens (including phenoxy) is 2. The Morgan fingerprint density at radius 1 is 1.22 bits per heavy atom. The third-order valence-corrected chi connectivity index (χ3v) is 5.38.